The normalized spacial score (nSPS) is 45.5. The summed E-state index contributed by atoms with van der Waals surface area (Å²) in [5.41, 5.74) is 0.495. The number of Topliss-reactive ketones (excluding diaryl/α,β-unsaturated/α-hetero) is 1. The number of morpholine rings is 1. The second-order valence-electron chi connectivity index (χ2n) is 11.7. The summed E-state index contributed by atoms with van der Waals surface area (Å²) in [6.45, 7) is 9.09. The van der Waals surface area contributed by atoms with E-state index in [2.05, 4.69) is 18.7 Å². The standard InChI is InChI=1S/C26H41NO4/c1-25-10-7-19(28)17-18(25)3-4-20-21-5-6-23(26(21,2)11-8-22(20)25)31-24(29)9-12-27-13-15-30-16-14-27/h18,20-23H,3-17H2,1-2H3/t18-,20+,21+,22+,23+,25+,26+/m1/s1. The van der Waals surface area contributed by atoms with E-state index in [-0.39, 0.29) is 17.5 Å². The first-order valence-corrected chi connectivity index (χ1v) is 12.9. The minimum Gasteiger partial charge on any atom is -0.462 e. The fraction of sp³-hybridized carbons (Fsp3) is 0.923. The molecular weight excluding hydrogens is 390 g/mol. The Kier molecular flexibility index (Phi) is 5.96. The molecule has 31 heavy (non-hydrogen) atoms. The lowest BCUT2D eigenvalue weighted by atomic mass is 9.45. The molecular formula is C26H41NO4. The number of carbonyl (C=O) groups excluding carboxylic acids is 2. The van der Waals surface area contributed by atoms with Gasteiger partial charge in [-0.15, -0.1) is 0 Å². The zero-order valence-corrected chi connectivity index (χ0v) is 19.6. The van der Waals surface area contributed by atoms with Crippen LogP contribution in [0.1, 0.15) is 78.1 Å². The fourth-order valence-electron chi connectivity index (χ4n) is 8.48. The van der Waals surface area contributed by atoms with Gasteiger partial charge in [-0.25, -0.2) is 0 Å². The summed E-state index contributed by atoms with van der Waals surface area (Å²) in [5.74, 6) is 3.28. The van der Waals surface area contributed by atoms with Gasteiger partial charge in [-0.1, -0.05) is 13.8 Å². The molecule has 0 N–H and O–H groups in total. The van der Waals surface area contributed by atoms with Gasteiger partial charge in [0.2, 0.25) is 0 Å². The summed E-state index contributed by atoms with van der Waals surface area (Å²) in [4.78, 5) is 27.1. The molecule has 7 atom stereocenters. The molecule has 0 bridgehead atoms. The number of ketones is 1. The summed E-state index contributed by atoms with van der Waals surface area (Å²) in [7, 11) is 0. The highest BCUT2D eigenvalue weighted by Gasteiger charge is 2.61. The number of rotatable bonds is 4. The Bertz CT molecular complexity index is 704. The smallest absolute Gasteiger partial charge is 0.307 e. The molecule has 0 spiro atoms. The van der Waals surface area contributed by atoms with Crippen LogP contribution in [0.15, 0.2) is 0 Å². The highest BCUT2D eigenvalue weighted by atomic mass is 16.5. The van der Waals surface area contributed by atoms with Crippen molar-refractivity contribution in [2.75, 3.05) is 32.8 Å². The molecule has 4 aliphatic carbocycles. The molecule has 1 saturated heterocycles. The van der Waals surface area contributed by atoms with E-state index in [1.807, 2.05) is 0 Å². The Labute approximate surface area is 187 Å². The van der Waals surface area contributed by atoms with Crippen LogP contribution in [0.2, 0.25) is 0 Å². The molecule has 5 rings (SSSR count). The number of fused-ring (bicyclic) bond motifs is 5. The van der Waals surface area contributed by atoms with E-state index in [0.29, 0.717) is 29.5 Å². The third-order valence-electron chi connectivity index (χ3n) is 10.4. The summed E-state index contributed by atoms with van der Waals surface area (Å²) in [6, 6.07) is 0. The Balaban J connectivity index is 1.22. The maximum atomic E-state index is 12.7. The van der Waals surface area contributed by atoms with Crippen molar-refractivity contribution in [3.8, 4) is 0 Å². The van der Waals surface area contributed by atoms with Gasteiger partial charge in [0.15, 0.2) is 0 Å². The number of hydrogen-bond donors (Lipinski definition) is 0. The minimum atomic E-state index is -0.0121. The average Bonchev–Trinajstić information content (AvgIpc) is 3.10. The lowest BCUT2D eigenvalue weighted by molar-refractivity contribution is -0.164. The molecule has 0 unspecified atom stereocenters. The molecule has 5 nitrogen and oxygen atoms in total. The van der Waals surface area contributed by atoms with Gasteiger partial charge in [0, 0.05) is 37.9 Å². The molecule has 0 aromatic rings. The van der Waals surface area contributed by atoms with E-state index in [1.165, 1.54) is 32.1 Å². The van der Waals surface area contributed by atoms with Gasteiger partial charge in [-0.3, -0.25) is 14.5 Å². The van der Waals surface area contributed by atoms with Gasteiger partial charge in [-0.2, -0.15) is 0 Å². The van der Waals surface area contributed by atoms with Crippen molar-refractivity contribution in [1.29, 1.82) is 0 Å². The van der Waals surface area contributed by atoms with Gasteiger partial charge in [0.1, 0.15) is 11.9 Å². The third-order valence-corrected chi connectivity index (χ3v) is 10.4. The van der Waals surface area contributed by atoms with Crippen molar-refractivity contribution < 1.29 is 19.1 Å². The van der Waals surface area contributed by atoms with Gasteiger partial charge in [-0.05, 0) is 74.0 Å². The zero-order chi connectivity index (χ0) is 21.6. The molecule has 1 aliphatic heterocycles. The molecule has 174 valence electrons. The maximum absolute atomic E-state index is 12.7. The van der Waals surface area contributed by atoms with Gasteiger partial charge in [0.05, 0.1) is 19.6 Å². The van der Waals surface area contributed by atoms with E-state index < -0.39 is 0 Å². The Hall–Kier alpha value is -0.940. The van der Waals surface area contributed by atoms with Crippen LogP contribution in [-0.4, -0.2) is 55.6 Å². The molecule has 5 aliphatic rings. The Morgan fingerprint density at radius 3 is 2.61 bits per heavy atom. The van der Waals surface area contributed by atoms with Crippen molar-refractivity contribution in [3.05, 3.63) is 0 Å². The topological polar surface area (TPSA) is 55.8 Å². The minimum absolute atomic E-state index is 0.0121. The summed E-state index contributed by atoms with van der Waals surface area (Å²) >= 11 is 0. The second-order valence-corrected chi connectivity index (χ2v) is 11.7. The summed E-state index contributed by atoms with van der Waals surface area (Å²) in [6.07, 6.45) is 10.5. The van der Waals surface area contributed by atoms with E-state index >= 15 is 0 Å². The second kappa shape index (κ2) is 8.44. The molecule has 0 aromatic heterocycles. The predicted molar refractivity (Wildman–Crippen MR) is 118 cm³/mol. The van der Waals surface area contributed by atoms with E-state index in [0.717, 1.165) is 70.4 Å². The van der Waals surface area contributed by atoms with Gasteiger partial charge >= 0.3 is 5.97 Å². The van der Waals surface area contributed by atoms with Crippen LogP contribution in [0, 0.1) is 34.5 Å². The van der Waals surface area contributed by atoms with Crippen molar-refractivity contribution in [1.82, 2.24) is 4.90 Å². The lowest BCUT2D eigenvalue weighted by Gasteiger charge is -2.60. The third kappa shape index (κ3) is 3.88. The van der Waals surface area contributed by atoms with E-state index in [9.17, 15) is 9.59 Å². The van der Waals surface area contributed by atoms with Crippen molar-refractivity contribution in [2.24, 2.45) is 34.5 Å². The molecule has 0 radical (unpaired) electrons. The van der Waals surface area contributed by atoms with E-state index in [1.54, 1.807) is 0 Å². The number of hydrogen-bond acceptors (Lipinski definition) is 5. The number of carbonyl (C=O) groups is 2. The average molecular weight is 432 g/mol. The first-order valence-electron chi connectivity index (χ1n) is 12.9. The van der Waals surface area contributed by atoms with Gasteiger partial charge in [0.25, 0.3) is 0 Å². The predicted octanol–water partition coefficient (Wildman–Crippen LogP) is 4.23. The quantitative estimate of drug-likeness (QED) is 0.624. The number of esters is 1. The van der Waals surface area contributed by atoms with E-state index in [4.69, 9.17) is 9.47 Å². The molecule has 5 fully saturated rings. The highest BCUT2D eigenvalue weighted by Crippen LogP contribution is 2.66. The Morgan fingerprint density at radius 1 is 1.03 bits per heavy atom. The molecule has 5 heteroatoms. The van der Waals surface area contributed by atoms with Crippen LogP contribution in [0.4, 0.5) is 0 Å². The van der Waals surface area contributed by atoms with Crippen molar-refractivity contribution in [3.63, 3.8) is 0 Å². The van der Waals surface area contributed by atoms with Crippen LogP contribution < -0.4 is 0 Å². The first-order chi connectivity index (χ1) is 14.9. The largest absolute Gasteiger partial charge is 0.462 e. The lowest BCUT2D eigenvalue weighted by Crippen LogP contribution is -2.54. The van der Waals surface area contributed by atoms with Crippen LogP contribution in [0.25, 0.3) is 0 Å². The highest BCUT2D eigenvalue weighted by molar-refractivity contribution is 5.79. The van der Waals surface area contributed by atoms with Crippen LogP contribution in [0.3, 0.4) is 0 Å². The SMILES string of the molecule is C[C@]12CCC(=O)C[C@H]1CC[C@@H]1[C@@H]2CC[C@]2(C)[C@@H](OC(=O)CCN3CCOCC3)CC[C@@H]12. The first kappa shape index (κ1) is 21.9. The van der Waals surface area contributed by atoms with Crippen LogP contribution >= 0.6 is 0 Å². The maximum Gasteiger partial charge on any atom is 0.307 e. The Morgan fingerprint density at radius 2 is 1.81 bits per heavy atom. The molecule has 0 amide bonds. The summed E-state index contributed by atoms with van der Waals surface area (Å²) in [5, 5.41) is 0. The zero-order valence-electron chi connectivity index (χ0n) is 19.6. The molecule has 1 heterocycles. The number of nitrogens with zero attached hydrogens (tertiary/aromatic N) is 1. The number of ether oxygens (including phenoxy) is 2. The summed E-state index contributed by atoms with van der Waals surface area (Å²) < 4.78 is 11.6. The van der Waals surface area contributed by atoms with Crippen LogP contribution in [-0.2, 0) is 19.1 Å². The van der Waals surface area contributed by atoms with Crippen molar-refractivity contribution >= 4 is 11.8 Å². The fourth-order valence-corrected chi connectivity index (χ4v) is 8.48. The monoisotopic (exact) mass is 431 g/mol. The van der Waals surface area contributed by atoms with Crippen molar-refractivity contribution in [2.45, 2.75) is 84.2 Å². The van der Waals surface area contributed by atoms with Gasteiger partial charge < -0.3 is 9.47 Å². The molecule has 0 aromatic carbocycles. The molecule has 4 saturated carbocycles. The van der Waals surface area contributed by atoms with Crippen LogP contribution in [0.5, 0.6) is 0 Å².